The molecule has 6 heteroatoms. The number of likely N-dealkylation sites (N-methyl/N-ethyl adjacent to an activating group) is 1. The molecule has 18 heavy (non-hydrogen) atoms. The van der Waals surface area contributed by atoms with Crippen LogP contribution in [0.2, 0.25) is 0 Å². The van der Waals surface area contributed by atoms with Gasteiger partial charge in [-0.1, -0.05) is 6.07 Å². The van der Waals surface area contributed by atoms with Gasteiger partial charge in [0.2, 0.25) is 0 Å². The number of amides is 1. The molecule has 0 aliphatic heterocycles. The highest BCUT2D eigenvalue weighted by Crippen LogP contribution is 2.03. The lowest BCUT2D eigenvalue weighted by molar-refractivity contribution is 0.0378. The second kappa shape index (κ2) is 7.05. The zero-order valence-corrected chi connectivity index (χ0v) is 10.7. The Morgan fingerprint density at radius 1 is 1.61 bits per heavy atom. The summed E-state index contributed by atoms with van der Waals surface area (Å²) in [6.45, 7) is 0.786. The molecule has 0 fully saturated rings. The van der Waals surface area contributed by atoms with Crippen LogP contribution in [0.3, 0.4) is 0 Å². The lowest BCUT2D eigenvalue weighted by Crippen LogP contribution is -2.36. The van der Waals surface area contributed by atoms with Crippen LogP contribution in [0.5, 0.6) is 0 Å². The Labute approximate surface area is 106 Å². The molecular formula is C12H19N3O3. The quantitative estimate of drug-likeness (QED) is 0.721. The molecule has 1 amide bonds. The van der Waals surface area contributed by atoms with Crippen LogP contribution in [0.15, 0.2) is 18.3 Å². The molecule has 0 aliphatic carbocycles. The van der Waals surface area contributed by atoms with E-state index in [1.54, 1.807) is 25.4 Å². The van der Waals surface area contributed by atoms with E-state index in [0.717, 1.165) is 5.56 Å². The molecule has 100 valence electrons. The molecule has 1 atom stereocenters. The molecule has 1 aromatic heterocycles. The summed E-state index contributed by atoms with van der Waals surface area (Å²) in [5.41, 5.74) is 6.65. The van der Waals surface area contributed by atoms with Gasteiger partial charge in [-0.3, -0.25) is 9.78 Å². The van der Waals surface area contributed by atoms with E-state index in [1.807, 2.05) is 0 Å². The minimum Gasteiger partial charge on any atom is -0.389 e. The van der Waals surface area contributed by atoms with Gasteiger partial charge in [-0.15, -0.1) is 0 Å². The molecule has 6 nitrogen and oxygen atoms in total. The number of hydrogen-bond donors (Lipinski definition) is 2. The van der Waals surface area contributed by atoms with Gasteiger partial charge in [-0.25, -0.2) is 0 Å². The predicted octanol–water partition coefficient (Wildman–Crippen LogP) is -0.380. The minimum absolute atomic E-state index is 0.192. The van der Waals surface area contributed by atoms with Gasteiger partial charge in [0.25, 0.3) is 5.91 Å². The molecule has 1 heterocycles. The Hall–Kier alpha value is -1.50. The van der Waals surface area contributed by atoms with Crippen molar-refractivity contribution in [1.82, 2.24) is 9.88 Å². The molecule has 0 bridgehead atoms. The van der Waals surface area contributed by atoms with E-state index < -0.39 is 6.10 Å². The zero-order chi connectivity index (χ0) is 13.5. The molecule has 0 spiro atoms. The first-order valence-electron chi connectivity index (χ1n) is 5.66. The summed E-state index contributed by atoms with van der Waals surface area (Å²) in [5, 5.41) is 9.54. The maximum absolute atomic E-state index is 12.0. The van der Waals surface area contributed by atoms with Gasteiger partial charge in [-0.2, -0.15) is 0 Å². The standard InChI is InChI=1S/C12H19N3O3/c1-15(7-10(16)8-18-2)12(17)11-4-3-9(5-13)6-14-11/h3-4,6,10,16H,5,7-8,13H2,1-2H3. The number of aliphatic hydroxyl groups is 1. The van der Waals surface area contributed by atoms with Gasteiger partial charge < -0.3 is 20.5 Å². The van der Waals surface area contributed by atoms with Crippen LogP contribution in [0, 0.1) is 0 Å². The van der Waals surface area contributed by atoms with Gasteiger partial charge in [0.1, 0.15) is 5.69 Å². The highest BCUT2D eigenvalue weighted by molar-refractivity contribution is 5.92. The summed E-state index contributed by atoms with van der Waals surface area (Å²) in [6.07, 6.45) is 0.874. The molecular weight excluding hydrogens is 234 g/mol. The Morgan fingerprint density at radius 2 is 2.33 bits per heavy atom. The third-order valence-corrected chi connectivity index (χ3v) is 2.47. The number of ether oxygens (including phenoxy) is 1. The normalized spacial score (nSPS) is 12.2. The van der Waals surface area contributed by atoms with Crippen LogP contribution in [0.1, 0.15) is 16.1 Å². The number of methoxy groups -OCH3 is 1. The van der Waals surface area contributed by atoms with Gasteiger partial charge in [0, 0.05) is 33.4 Å². The van der Waals surface area contributed by atoms with E-state index >= 15 is 0 Å². The molecule has 0 saturated heterocycles. The van der Waals surface area contributed by atoms with Crippen LogP contribution in [0.4, 0.5) is 0 Å². The van der Waals surface area contributed by atoms with E-state index in [-0.39, 0.29) is 19.1 Å². The Balaban J connectivity index is 2.62. The van der Waals surface area contributed by atoms with Crippen molar-refractivity contribution in [1.29, 1.82) is 0 Å². The average Bonchev–Trinajstić information content (AvgIpc) is 2.38. The zero-order valence-electron chi connectivity index (χ0n) is 10.7. The molecule has 0 aromatic carbocycles. The predicted molar refractivity (Wildman–Crippen MR) is 67.0 cm³/mol. The van der Waals surface area contributed by atoms with Crippen LogP contribution in [-0.2, 0) is 11.3 Å². The first-order valence-corrected chi connectivity index (χ1v) is 5.66. The molecule has 0 radical (unpaired) electrons. The highest BCUT2D eigenvalue weighted by Gasteiger charge is 2.16. The van der Waals surface area contributed by atoms with E-state index in [1.165, 1.54) is 12.0 Å². The lowest BCUT2D eigenvalue weighted by atomic mass is 10.2. The Kier molecular flexibility index (Phi) is 5.70. The summed E-state index contributed by atoms with van der Waals surface area (Å²) >= 11 is 0. The number of aliphatic hydroxyl groups excluding tert-OH is 1. The fourth-order valence-corrected chi connectivity index (χ4v) is 1.51. The number of rotatable bonds is 6. The van der Waals surface area contributed by atoms with Crippen molar-refractivity contribution in [2.45, 2.75) is 12.6 Å². The summed E-state index contributed by atoms with van der Waals surface area (Å²) in [6, 6.07) is 3.39. The van der Waals surface area contributed by atoms with Crippen molar-refractivity contribution >= 4 is 5.91 Å². The molecule has 1 unspecified atom stereocenters. The first kappa shape index (κ1) is 14.6. The SMILES string of the molecule is COCC(O)CN(C)C(=O)c1ccc(CN)cn1. The fourth-order valence-electron chi connectivity index (χ4n) is 1.51. The molecule has 0 saturated carbocycles. The number of aromatic nitrogens is 1. The number of pyridine rings is 1. The first-order chi connectivity index (χ1) is 8.58. The fraction of sp³-hybridized carbons (Fsp3) is 0.500. The van der Waals surface area contributed by atoms with Crippen LogP contribution < -0.4 is 5.73 Å². The summed E-state index contributed by atoms with van der Waals surface area (Å²) < 4.78 is 4.80. The third-order valence-electron chi connectivity index (χ3n) is 2.47. The van der Waals surface area contributed by atoms with Gasteiger partial charge in [-0.05, 0) is 11.6 Å². The van der Waals surface area contributed by atoms with Crippen molar-refractivity contribution in [3.63, 3.8) is 0 Å². The number of nitrogens with zero attached hydrogens (tertiary/aromatic N) is 2. The maximum atomic E-state index is 12.0. The number of carbonyl (C=O) groups excluding carboxylic acids is 1. The van der Waals surface area contributed by atoms with Crippen molar-refractivity contribution in [3.8, 4) is 0 Å². The largest absolute Gasteiger partial charge is 0.389 e. The van der Waals surface area contributed by atoms with Crippen molar-refractivity contribution in [2.75, 3.05) is 27.3 Å². The Bertz CT molecular complexity index is 381. The van der Waals surface area contributed by atoms with Crippen LogP contribution in [-0.4, -0.2) is 54.3 Å². The monoisotopic (exact) mass is 253 g/mol. The highest BCUT2D eigenvalue weighted by atomic mass is 16.5. The Morgan fingerprint density at radius 3 is 2.83 bits per heavy atom. The molecule has 1 aromatic rings. The summed E-state index contributed by atoms with van der Waals surface area (Å²) in [7, 11) is 3.11. The average molecular weight is 253 g/mol. The van der Waals surface area contributed by atoms with Gasteiger partial charge in [0.05, 0.1) is 12.7 Å². The molecule has 3 N–H and O–H groups in total. The third kappa shape index (κ3) is 4.06. The van der Waals surface area contributed by atoms with E-state index in [0.29, 0.717) is 12.2 Å². The van der Waals surface area contributed by atoms with Gasteiger partial charge in [0.15, 0.2) is 0 Å². The lowest BCUT2D eigenvalue weighted by Gasteiger charge is -2.20. The second-order valence-corrected chi connectivity index (χ2v) is 4.05. The minimum atomic E-state index is -0.702. The number of nitrogens with two attached hydrogens (primary N) is 1. The summed E-state index contributed by atoms with van der Waals surface area (Å²) in [4.78, 5) is 17.4. The smallest absolute Gasteiger partial charge is 0.272 e. The second-order valence-electron chi connectivity index (χ2n) is 4.05. The van der Waals surface area contributed by atoms with Crippen molar-refractivity contribution in [2.24, 2.45) is 5.73 Å². The van der Waals surface area contributed by atoms with E-state index in [9.17, 15) is 9.90 Å². The van der Waals surface area contributed by atoms with Crippen molar-refractivity contribution in [3.05, 3.63) is 29.6 Å². The topological polar surface area (TPSA) is 88.7 Å². The molecule has 1 rings (SSSR count). The maximum Gasteiger partial charge on any atom is 0.272 e. The van der Waals surface area contributed by atoms with E-state index in [4.69, 9.17) is 10.5 Å². The molecule has 0 aliphatic rings. The number of hydrogen-bond acceptors (Lipinski definition) is 5. The van der Waals surface area contributed by atoms with E-state index in [2.05, 4.69) is 4.98 Å². The number of carbonyl (C=O) groups is 1. The van der Waals surface area contributed by atoms with Crippen molar-refractivity contribution < 1.29 is 14.6 Å². The van der Waals surface area contributed by atoms with Gasteiger partial charge >= 0.3 is 0 Å². The van der Waals surface area contributed by atoms with Crippen LogP contribution in [0.25, 0.3) is 0 Å². The van der Waals surface area contributed by atoms with Crippen LogP contribution >= 0.6 is 0 Å². The summed E-state index contributed by atoms with van der Waals surface area (Å²) in [5.74, 6) is -0.242.